The van der Waals surface area contributed by atoms with Crippen LogP contribution >= 0.6 is 0 Å². The zero-order valence-electron chi connectivity index (χ0n) is 16.1. The zero-order chi connectivity index (χ0) is 18.7. The summed E-state index contributed by atoms with van der Waals surface area (Å²) in [6.07, 6.45) is 4.83. The summed E-state index contributed by atoms with van der Waals surface area (Å²) >= 11 is 0. The van der Waals surface area contributed by atoms with Crippen molar-refractivity contribution in [3.8, 4) is 0 Å². The summed E-state index contributed by atoms with van der Waals surface area (Å²) in [7, 11) is 0. The summed E-state index contributed by atoms with van der Waals surface area (Å²) in [4.78, 5) is 27.6. The molecule has 144 valence electrons. The second-order valence-corrected chi connectivity index (χ2v) is 8.22. The lowest BCUT2D eigenvalue weighted by Crippen LogP contribution is -2.41. The number of nitrogens with zero attached hydrogens (tertiary/aromatic N) is 3. The minimum atomic E-state index is -0.548. The minimum absolute atomic E-state index is 0.0824. The third kappa shape index (κ3) is 4.15. The molecule has 0 saturated carbocycles. The van der Waals surface area contributed by atoms with Crippen LogP contribution in [0.15, 0.2) is 6.20 Å². The second-order valence-electron chi connectivity index (χ2n) is 8.22. The Morgan fingerprint density at radius 2 is 1.92 bits per heavy atom. The van der Waals surface area contributed by atoms with Gasteiger partial charge in [0.15, 0.2) is 5.69 Å². The monoisotopic (exact) mass is 362 g/mol. The Labute approximate surface area is 155 Å². The molecule has 26 heavy (non-hydrogen) atoms. The van der Waals surface area contributed by atoms with Crippen molar-refractivity contribution in [2.24, 2.45) is 5.41 Å². The third-order valence-corrected chi connectivity index (χ3v) is 5.11. The highest BCUT2D eigenvalue weighted by Gasteiger charge is 2.31. The number of hydrogen-bond donors (Lipinski definition) is 1. The molecule has 3 rings (SSSR count). The van der Waals surface area contributed by atoms with Crippen LogP contribution < -0.4 is 5.32 Å². The van der Waals surface area contributed by atoms with Crippen LogP contribution in [0.25, 0.3) is 0 Å². The van der Waals surface area contributed by atoms with Gasteiger partial charge in [-0.1, -0.05) is 20.8 Å². The molecule has 1 aromatic rings. The van der Waals surface area contributed by atoms with E-state index in [0.717, 1.165) is 37.9 Å². The Hall–Kier alpha value is -1.73. The van der Waals surface area contributed by atoms with Gasteiger partial charge in [-0.15, -0.1) is 0 Å². The van der Waals surface area contributed by atoms with Gasteiger partial charge in [-0.3, -0.25) is 9.59 Å². The molecule has 7 nitrogen and oxygen atoms in total. The normalized spacial score (nSPS) is 22.1. The Bertz CT molecular complexity index is 648. The van der Waals surface area contributed by atoms with Crippen LogP contribution in [0, 0.1) is 5.41 Å². The van der Waals surface area contributed by atoms with Crippen molar-refractivity contribution >= 4 is 11.8 Å². The zero-order valence-corrected chi connectivity index (χ0v) is 16.1. The van der Waals surface area contributed by atoms with Crippen molar-refractivity contribution in [1.29, 1.82) is 0 Å². The summed E-state index contributed by atoms with van der Waals surface area (Å²) in [5.74, 6) is 0.0824. The van der Waals surface area contributed by atoms with Crippen molar-refractivity contribution in [2.75, 3.05) is 39.4 Å². The largest absolute Gasteiger partial charge is 0.378 e. The molecule has 0 radical (unpaired) electrons. The lowest BCUT2D eigenvalue weighted by atomic mass is 9.92. The highest BCUT2D eigenvalue weighted by molar-refractivity contribution is 5.95. The van der Waals surface area contributed by atoms with Gasteiger partial charge in [0.1, 0.15) is 0 Å². The first-order valence-electron chi connectivity index (χ1n) is 9.60. The molecule has 0 spiro atoms. The maximum atomic E-state index is 13.1. The second kappa shape index (κ2) is 7.88. The van der Waals surface area contributed by atoms with E-state index >= 15 is 0 Å². The average molecular weight is 362 g/mol. The molecule has 7 heteroatoms. The summed E-state index contributed by atoms with van der Waals surface area (Å²) in [6, 6.07) is 0. The number of hydrogen-bond acceptors (Lipinski definition) is 5. The molecule has 2 fully saturated rings. The number of nitrogens with one attached hydrogen (secondary N) is 1. The molecule has 0 aromatic carbocycles. The van der Waals surface area contributed by atoms with Gasteiger partial charge >= 0.3 is 0 Å². The summed E-state index contributed by atoms with van der Waals surface area (Å²) in [6.45, 7) is 9.79. The van der Waals surface area contributed by atoms with E-state index < -0.39 is 5.41 Å². The van der Waals surface area contributed by atoms with Crippen molar-refractivity contribution in [3.63, 3.8) is 0 Å². The van der Waals surface area contributed by atoms with Crippen LogP contribution in [-0.2, 0) is 4.74 Å². The van der Waals surface area contributed by atoms with Crippen molar-refractivity contribution < 1.29 is 14.3 Å². The van der Waals surface area contributed by atoms with Gasteiger partial charge in [-0.2, -0.15) is 5.10 Å². The number of morpholine rings is 1. The first-order valence-corrected chi connectivity index (χ1v) is 9.60. The van der Waals surface area contributed by atoms with E-state index in [9.17, 15) is 9.59 Å². The molecular formula is C19H30N4O3. The summed E-state index contributed by atoms with van der Waals surface area (Å²) in [5.41, 5.74) is 0.812. The van der Waals surface area contributed by atoms with E-state index in [4.69, 9.17) is 4.74 Å². The Morgan fingerprint density at radius 3 is 2.62 bits per heavy atom. The maximum absolute atomic E-state index is 13.1. The van der Waals surface area contributed by atoms with Gasteiger partial charge in [0.25, 0.3) is 11.8 Å². The Balaban J connectivity index is 1.95. The van der Waals surface area contributed by atoms with Gasteiger partial charge in [0.05, 0.1) is 13.2 Å². The average Bonchev–Trinajstić information content (AvgIpc) is 2.88. The fourth-order valence-electron chi connectivity index (χ4n) is 3.55. The molecule has 2 saturated heterocycles. The SMILES string of the molecule is CC(C)(C)C(=O)n1cc(C2CCCNCC2)c(C(=O)N2CCOCC2)n1. The van der Waals surface area contributed by atoms with Gasteiger partial charge in [0, 0.05) is 30.3 Å². The van der Waals surface area contributed by atoms with E-state index in [1.54, 1.807) is 11.1 Å². The number of ether oxygens (including phenoxy) is 1. The highest BCUT2D eigenvalue weighted by atomic mass is 16.5. The number of carbonyl (C=O) groups is 2. The van der Waals surface area contributed by atoms with Gasteiger partial charge < -0.3 is 15.0 Å². The van der Waals surface area contributed by atoms with Crippen LogP contribution in [0.5, 0.6) is 0 Å². The van der Waals surface area contributed by atoms with Crippen LogP contribution in [0.1, 0.15) is 66.8 Å². The molecule has 1 aromatic heterocycles. The van der Waals surface area contributed by atoms with Crippen molar-refractivity contribution in [2.45, 2.75) is 46.0 Å². The Kier molecular flexibility index (Phi) is 5.77. The van der Waals surface area contributed by atoms with E-state index in [1.165, 1.54) is 4.68 Å². The molecule has 2 aliphatic rings. The molecule has 0 aliphatic carbocycles. The van der Waals surface area contributed by atoms with E-state index in [-0.39, 0.29) is 17.7 Å². The minimum Gasteiger partial charge on any atom is -0.378 e. The van der Waals surface area contributed by atoms with Crippen molar-refractivity contribution in [1.82, 2.24) is 20.0 Å². The molecule has 2 aliphatic heterocycles. The molecule has 1 atom stereocenters. The maximum Gasteiger partial charge on any atom is 0.274 e. The topological polar surface area (TPSA) is 76.5 Å². The first-order chi connectivity index (χ1) is 12.4. The van der Waals surface area contributed by atoms with Crippen LogP contribution in [0.4, 0.5) is 0 Å². The first kappa shape index (κ1) is 19.0. The van der Waals surface area contributed by atoms with Crippen LogP contribution in [0.2, 0.25) is 0 Å². The quantitative estimate of drug-likeness (QED) is 0.870. The molecule has 3 heterocycles. The summed E-state index contributed by atoms with van der Waals surface area (Å²) in [5, 5.41) is 7.88. The number of amides is 1. The molecule has 0 bridgehead atoms. The summed E-state index contributed by atoms with van der Waals surface area (Å²) < 4.78 is 6.75. The number of carbonyl (C=O) groups excluding carboxylic acids is 2. The third-order valence-electron chi connectivity index (χ3n) is 5.11. The Morgan fingerprint density at radius 1 is 1.19 bits per heavy atom. The highest BCUT2D eigenvalue weighted by Crippen LogP contribution is 2.30. The van der Waals surface area contributed by atoms with Crippen LogP contribution in [-0.4, -0.2) is 65.9 Å². The lowest BCUT2D eigenvalue weighted by Gasteiger charge is -2.27. The van der Waals surface area contributed by atoms with Crippen LogP contribution in [0.3, 0.4) is 0 Å². The number of aromatic nitrogens is 2. The number of rotatable bonds is 2. The van der Waals surface area contributed by atoms with E-state index in [2.05, 4.69) is 10.4 Å². The van der Waals surface area contributed by atoms with E-state index in [1.807, 2.05) is 20.8 Å². The molecule has 1 amide bonds. The van der Waals surface area contributed by atoms with Gasteiger partial charge in [-0.05, 0) is 38.3 Å². The van der Waals surface area contributed by atoms with Gasteiger partial charge in [0.2, 0.25) is 0 Å². The molecule has 1 N–H and O–H groups in total. The predicted molar refractivity (Wildman–Crippen MR) is 98.5 cm³/mol. The fraction of sp³-hybridized carbons (Fsp3) is 0.737. The molecular weight excluding hydrogens is 332 g/mol. The smallest absolute Gasteiger partial charge is 0.274 e. The molecule has 1 unspecified atom stereocenters. The van der Waals surface area contributed by atoms with Gasteiger partial charge in [-0.25, -0.2) is 4.68 Å². The fourth-order valence-corrected chi connectivity index (χ4v) is 3.55. The lowest BCUT2D eigenvalue weighted by molar-refractivity contribution is 0.0297. The van der Waals surface area contributed by atoms with Crippen molar-refractivity contribution in [3.05, 3.63) is 17.5 Å². The standard InChI is InChI=1S/C19H30N4O3/c1-19(2,3)18(25)23-13-15(14-5-4-7-20-8-6-14)16(21-23)17(24)22-9-11-26-12-10-22/h13-14,20H,4-12H2,1-3H3. The predicted octanol–water partition coefficient (Wildman–Crippen LogP) is 1.90. The van der Waals surface area contributed by atoms with E-state index in [0.29, 0.717) is 32.0 Å².